The van der Waals surface area contributed by atoms with E-state index in [2.05, 4.69) is 10.6 Å². The van der Waals surface area contributed by atoms with Gasteiger partial charge in [-0.1, -0.05) is 82.3 Å². The van der Waals surface area contributed by atoms with Gasteiger partial charge in [0.15, 0.2) is 0 Å². The van der Waals surface area contributed by atoms with E-state index < -0.39 is 28.5 Å². The smallest absolute Gasteiger partial charge is 0.407 e. The van der Waals surface area contributed by atoms with Crippen LogP contribution in [0.4, 0.5) is 4.79 Å². The van der Waals surface area contributed by atoms with Crippen LogP contribution < -0.4 is 10.6 Å². The second kappa shape index (κ2) is 18.0. The molecule has 2 aromatic carbocycles. The predicted octanol–water partition coefficient (Wildman–Crippen LogP) is 4.75. The molecule has 0 fully saturated rings. The van der Waals surface area contributed by atoms with Crippen LogP contribution in [0.1, 0.15) is 38.3 Å². The number of carbonyl (C=O) groups excluding carboxylic acids is 3. The van der Waals surface area contributed by atoms with Gasteiger partial charge < -0.3 is 20.1 Å². The molecule has 0 aliphatic rings. The van der Waals surface area contributed by atoms with Gasteiger partial charge in [0.2, 0.25) is 5.91 Å². The van der Waals surface area contributed by atoms with E-state index >= 15 is 0 Å². The first-order valence-corrected chi connectivity index (χ1v) is 17.3. The SMILES string of the molecule is CS(=O)CCC(CSSCC(Cc1ccccc1)C(=O)NCC(=O)OCc1ccccc1)NC(=O)OC(C)(C)C. The fraction of sp³-hybridized carbons (Fsp3) is 0.483. The molecule has 0 aliphatic carbocycles. The molecule has 11 heteroatoms. The molecule has 40 heavy (non-hydrogen) atoms. The molecule has 2 N–H and O–H groups in total. The van der Waals surface area contributed by atoms with Gasteiger partial charge in [-0.05, 0) is 44.7 Å². The first-order valence-electron chi connectivity index (χ1n) is 13.1. The van der Waals surface area contributed by atoms with Gasteiger partial charge in [0.1, 0.15) is 18.8 Å². The first kappa shape index (κ1) is 33.7. The summed E-state index contributed by atoms with van der Waals surface area (Å²) in [6, 6.07) is 18.9. The van der Waals surface area contributed by atoms with E-state index in [1.54, 1.807) is 27.0 Å². The van der Waals surface area contributed by atoms with E-state index in [9.17, 15) is 18.6 Å². The van der Waals surface area contributed by atoms with Crippen LogP contribution in [0.2, 0.25) is 0 Å². The van der Waals surface area contributed by atoms with Gasteiger partial charge in [-0.3, -0.25) is 13.8 Å². The number of rotatable bonds is 16. The van der Waals surface area contributed by atoms with Gasteiger partial charge >= 0.3 is 12.1 Å². The molecule has 2 aromatic rings. The summed E-state index contributed by atoms with van der Waals surface area (Å²) in [5.74, 6) is 0.434. The normalized spacial score (nSPS) is 13.5. The van der Waals surface area contributed by atoms with E-state index in [1.165, 1.54) is 21.6 Å². The van der Waals surface area contributed by atoms with Gasteiger partial charge in [0, 0.05) is 40.4 Å². The summed E-state index contributed by atoms with van der Waals surface area (Å²) in [5.41, 5.74) is 1.29. The van der Waals surface area contributed by atoms with E-state index in [1.807, 2.05) is 60.7 Å². The third kappa shape index (κ3) is 15.3. The third-order valence-corrected chi connectivity index (χ3v) is 8.81. The molecule has 0 heterocycles. The Hall–Kier alpha value is -2.50. The number of hydrogen-bond donors (Lipinski definition) is 2. The van der Waals surface area contributed by atoms with Crippen molar-refractivity contribution in [3.05, 3.63) is 71.8 Å². The average molecular weight is 609 g/mol. The largest absolute Gasteiger partial charge is 0.460 e. The fourth-order valence-corrected chi connectivity index (χ4v) is 6.68. The third-order valence-electron chi connectivity index (χ3n) is 5.44. The summed E-state index contributed by atoms with van der Waals surface area (Å²) in [5, 5.41) is 5.60. The Bertz CT molecular complexity index is 1080. The molecule has 0 aliphatic heterocycles. The van der Waals surface area contributed by atoms with Crippen molar-refractivity contribution in [1.29, 1.82) is 0 Å². The van der Waals surface area contributed by atoms with Crippen molar-refractivity contribution in [2.45, 2.75) is 51.9 Å². The Morgan fingerprint density at radius 1 is 0.925 bits per heavy atom. The molecule has 8 nitrogen and oxygen atoms in total. The average Bonchev–Trinajstić information content (AvgIpc) is 2.90. The number of hydrogen-bond acceptors (Lipinski definition) is 8. The number of ether oxygens (including phenoxy) is 2. The first-order chi connectivity index (χ1) is 19.0. The summed E-state index contributed by atoms with van der Waals surface area (Å²) in [7, 11) is 2.08. The maximum Gasteiger partial charge on any atom is 0.407 e. The molecule has 0 radical (unpaired) electrons. The zero-order valence-corrected chi connectivity index (χ0v) is 26.0. The van der Waals surface area contributed by atoms with Gasteiger partial charge in [-0.25, -0.2) is 4.79 Å². The number of esters is 1. The molecule has 0 spiro atoms. The Morgan fingerprint density at radius 3 is 2.12 bits per heavy atom. The van der Waals surface area contributed by atoms with E-state index in [0.717, 1.165) is 11.1 Å². The Balaban J connectivity index is 1.89. The number of benzene rings is 2. The van der Waals surface area contributed by atoms with Crippen LogP contribution in [-0.2, 0) is 42.9 Å². The summed E-state index contributed by atoms with van der Waals surface area (Å²) < 4.78 is 22.3. The highest BCUT2D eigenvalue weighted by molar-refractivity contribution is 8.76. The van der Waals surface area contributed by atoms with Crippen molar-refractivity contribution in [2.75, 3.05) is 30.1 Å². The summed E-state index contributed by atoms with van der Waals surface area (Å²) in [6.45, 7) is 5.35. The van der Waals surface area contributed by atoms with Crippen molar-refractivity contribution >= 4 is 50.4 Å². The molecule has 0 saturated heterocycles. The Morgan fingerprint density at radius 2 is 1.52 bits per heavy atom. The van der Waals surface area contributed by atoms with Gasteiger partial charge in [-0.2, -0.15) is 0 Å². The molecule has 3 atom stereocenters. The molecule has 3 unspecified atom stereocenters. The van der Waals surface area contributed by atoms with E-state index in [0.29, 0.717) is 30.1 Å². The number of carbonyl (C=O) groups is 3. The maximum absolute atomic E-state index is 13.1. The second-order valence-electron chi connectivity index (χ2n) is 10.2. The van der Waals surface area contributed by atoms with Crippen LogP contribution in [0.25, 0.3) is 0 Å². The van der Waals surface area contributed by atoms with Crippen LogP contribution in [0.3, 0.4) is 0 Å². The van der Waals surface area contributed by atoms with Gasteiger partial charge in [0.05, 0.1) is 5.92 Å². The highest BCUT2D eigenvalue weighted by atomic mass is 33.1. The fourth-order valence-electron chi connectivity index (χ4n) is 3.46. The summed E-state index contributed by atoms with van der Waals surface area (Å²) in [6.07, 6.45) is 2.20. The lowest BCUT2D eigenvalue weighted by molar-refractivity contribution is -0.145. The zero-order chi connectivity index (χ0) is 29.4. The summed E-state index contributed by atoms with van der Waals surface area (Å²) >= 11 is 0. The second-order valence-corrected chi connectivity index (χ2v) is 14.3. The van der Waals surface area contributed by atoms with Crippen molar-refractivity contribution in [3.8, 4) is 0 Å². The number of amides is 2. The molecule has 2 amide bonds. The molecule has 220 valence electrons. The lowest BCUT2D eigenvalue weighted by atomic mass is 10.0. The minimum atomic E-state index is -0.981. The lowest BCUT2D eigenvalue weighted by Gasteiger charge is -2.23. The number of alkyl carbamates (subject to hydrolysis) is 1. The van der Waals surface area contributed by atoms with Gasteiger partial charge in [-0.15, -0.1) is 0 Å². The van der Waals surface area contributed by atoms with Gasteiger partial charge in [0.25, 0.3) is 0 Å². The minimum Gasteiger partial charge on any atom is -0.460 e. The van der Waals surface area contributed by atoms with E-state index in [-0.39, 0.29) is 31.0 Å². The molecular formula is C29H40N2O6S3. The standard InChI is InChI=1S/C29H40N2O6S3/c1-29(2,3)37-28(34)31-25(15-16-40(4)35)21-39-38-20-24(17-22-11-7-5-8-12-22)27(33)30-18-26(32)36-19-23-13-9-6-10-14-23/h5-14,24-25H,15-21H2,1-4H3,(H,30,33)(H,31,34). The minimum absolute atomic E-state index is 0.152. The monoisotopic (exact) mass is 608 g/mol. The van der Waals surface area contributed by atoms with Crippen LogP contribution in [-0.4, -0.2) is 63.9 Å². The topological polar surface area (TPSA) is 111 Å². The van der Waals surface area contributed by atoms with Crippen LogP contribution in [0.5, 0.6) is 0 Å². The lowest BCUT2D eigenvalue weighted by Crippen LogP contribution is -2.41. The molecule has 2 rings (SSSR count). The maximum atomic E-state index is 13.1. The van der Waals surface area contributed by atoms with Crippen molar-refractivity contribution in [2.24, 2.45) is 5.92 Å². The van der Waals surface area contributed by atoms with Crippen LogP contribution in [0, 0.1) is 5.92 Å². The zero-order valence-electron chi connectivity index (χ0n) is 23.6. The quantitative estimate of drug-likeness (QED) is 0.160. The van der Waals surface area contributed by atoms with Crippen LogP contribution >= 0.6 is 21.6 Å². The molecule has 0 aromatic heterocycles. The Kier molecular flexibility index (Phi) is 15.2. The number of nitrogens with one attached hydrogen (secondary N) is 2. The van der Waals surface area contributed by atoms with Crippen LogP contribution in [0.15, 0.2) is 60.7 Å². The van der Waals surface area contributed by atoms with Crippen molar-refractivity contribution < 1.29 is 28.1 Å². The summed E-state index contributed by atoms with van der Waals surface area (Å²) in [4.78, 5) is 37.6. The van der Waals surface area contributed by atoms with E-state index in [4.69, 9.17) is 9.47 Å². The predicted molar refractivity (Wildman–Crippen MR) is 165 cm³/mol. The molecular weight excluding hydrogens is 569 g/mol. The highest BCUT2D eigenvalue weighted by Crippen LogP contribution is 2.27. The molecule has 0 bridgehead atoms. The highest BCUT2D eigenvalue weighted by Gasteiger charge is 2.22. The van der Waals surface area contributed by atoms with Crippen molar-refractivity contribution in [1.82, 2.24) is 10.6 Å². The van der Waals surface area contributed by atoms with Crippen molar-refractivity contribution in [3.63, 3.8) is 0 Å². The Labute approximate surface area is 248 Å². The molecule has 0 saturated carbocycles.